The third-order valence-corrected chi connectivity index (χ3v) is 4.30. The zero-order chi connectivity index (χ0) is 16.1. The van der Waals surface area contributed by atoms with Crippen LogP contribution in [-0.4, -0.2) is 0 Å². The molecule has 0 aromatic heterocycles. The molecular formula is C22H24Cl2Ti. The monoisotopic (exact) mass is 406 g/mol. The third-order valence-electron chi connectivity index (χ3n) is 4.30. The minimum Gasteiger partial charge on any atom is -1.00 e. The molecular weight excluding hydrogens is 383 g/mol. The summed E-state index contributed by atoms with van der Waals surface area (Å²) in [5.41, 5.74) is 9.51. The third kappa shape index (κ3) is 6.79. The van der Waals surface area contributed by atoms with Gasteiger partial charge in [-0.05, 0) is 6.42 Å². The largest absolute Gasteiger partial charge is 4.00 e. The van der Waals surface area contributed by atoms with Gasteiger partial charge in [-0.25, -0.2) is 5.57 Å². The van der Waals surface area contributed by atoms with Gasteiger partial charge in [0.2, 0.25) is 0 Å². The van der Waals surface area contributed by atoms with Crippen LogP contribution in [0.15, 0.2) is 59.2 Å². The van der Waals surface area contributed by atoms with E-state index >= 15 is 0 Å². The first-order valence-corrected chi connectivity index (χ1v) is 7.78. The van der Waals surface area contributed by atoms with E-state index in [1.165, 1.54) is 39.0 Å². The molecule has 0 nitrogen and oxygen atoms in total. The van der Waals surface area contributed by atoms with Crippen molar-refractivity contribution in [1.29, 1.82) is 0 Å². The van der Waals surface area contributed by atoms with E-state index < -0.39 is 0 Å². The first-order chi connectivity index (χ1) is 10.5. The second-order valence-corrected chi connectivity index (χ2v) is 5.90. The summed E-state index contributed by atoms with van der Waals surface area (Å²) < 4.78 is 0. The molecule has 130 valence electrons. The minimum absolute atomic E-state index is 0. The fourth-order valence-corrected chi connectivity index (χ4v) is 2.56. The molecule has 0 heterocycles. The molecule has 3 heteroatoms. The molecule has 0 saturated heterocycles. The molecule has 0 bridgehead atoms. The molecule has 0 spiro atoms. The summed E-state index contributed by atoms with van der Waals surface area (Å²) in [7, 11) is 0. The molecule has 0 fully saturated rings. The quantitative estimate of drug-likeness (QED) is 0.307. The summed E-state index contributed by atoms with van der Waals surface area (Å²) in [6.07, 6.45) is 4.15. The van der Waals surface area contributed by atoms with Crippen LogP contribution in [0.2, 0.25) is 0 Å². The van der Waals surface area contributed by atoms with Crippen LogP contribution in [0.1, 0.15) is 45.7 Å². The van der Waals surface area contributed by atoms with Gasteiger partial charge < -0.3 is 24.8 Å². The number of hydrogen-bond donors (Lipinski definition) is 0. The zero-order valence-corrected chi connectivity index (χ0v) is 18.6. The van der Waals surface area contributed by atoms with Gasteiger partial charge in [-0.1, -0.05) is 56.2 Å². The van der Waals surface area contributed by atoms with Gasteiger partial charge in [-0.15, -0.1) is 19.4 Å². The molecule has 0 saturated carbocycles. The Morgan fingerprint density at radius 2 is 1.52 bits per heavy atom. The van der Waals surface area contributed by atoms with Crippen molar-refractivity contribution in [3.05, 3.63) is 82.5 Å². The van der Waals surface area contributed by atoms with Gasteiger partial charge in [-0.3, -0.25) is 6.08 Å². The van der Waals surface area contributed by atoms with Gasteiger partial charge >= 0.3 is 21.7 Å². The van der Waals surface area contributed by atoms with Crippen LogP contribution in [0.5, 0.6) is 0 Å². The van der Waals surface area contributed by atoms with Crippen LogP contribution in [0.3, 0.4) is 0 Å². The van der Waals surface area contributed by atoms with E-state index in [1.54, 1.807) is 0 Å². The zero-order valence-electron chi connectivity index (χ0n) is 15.5. The topological polar surface area (TPSA) is 0 Å². The molecule has 0 atom stereocenters. The Balaban J connectivity index is 0. The van der Waals surface area contributed by atoms with E-state index in [4.69, 9.17) is 0 Å². The predicted molar refractivity (Wildman–Crippen MR) is 95.7 cm³/mol. The summed E-state index contributed by atoms with van der Waals surface area (Å²) in [5.74, 6) is 0. The SMILES string of the molecule is C[C-]=C(C)C(C)=C(C)C.[Cl-].[Cl-].[Ti+4].[c-]1cccc2c1Cc1ccccc1-2. The molecule has 2 aromatic carbocycles. The van der Waals surface area contributed by atoms with E-state index in [2.05, 4.69) is 76.2 Å². The Morgan fingerprint density at radius 1 is 0.920 bits per heavy atom. The maximum atomic E-state index is 3.30. The smallest absolute Gasteiger partial charge is 1.00 e. The number of benzene rings is 2. The minimum atomic E-state index is 0. The number of allylic oxidation sites excluding steroid dienone is 4. The molecule has 0 aliphatic heterocycles. The molecule has 3 rings (SSSR count). The predicted octanol–water partition coefficient (Wildman–Crippen LogP) is 0.176. The second kappa shape index (κ2) is 12.5. The first-order valence-electron chi connectivity index (χ1n) is 7.78. The van der Waals surface area contributed by atoms with Crippen molar-refractivity contribution < 1.29 is 46.5 Å². The van der Waals surface area contributed by atoms with Crippen molar-refractivity contribution in [3.8, 4) is 11.1 Å². The van der Waals surface area contributed by atoms with Gasteiger partial charge in [0.1, 0.15) is 0 Å². The Morgan fingerprint density at radius 3 is 2.08 bits per heavy atom. The maximum Gasteiger partial charge on any atom is 4.00 e. The summed E-state index contributed by atoms with van der Waals surface area (Å²) in [6, 6.07) is 18.1. The Hall–Kier alpha value is -0.786. The standard InChI is InChI=1S/C13H9.C9H15.2ClH.Ti/c1-3-7-12-10(5-1)9-11-6-2-4-8-13(11)12;1-6-8(4)9(5)7(2)3;;;/h1-5,7-8H,9H2;1-5H3;2*1H;/q2*-1;;;+4/p-2. The fourth-order valence-electron chi connectivity index (χ4n) is 2.56. The summed E-state index contributed by atoms with van der Waals surface area (Å²) in [6.45, 7) is 10.4. The normalized spacial score (nSPS) is 10.5. The van der Waals surface area contributed by atoms with Crippen LogP contribution < -0.4 is 24.8 Å². The average molecular weight is 407 g/mol. The van der Waals surface area contributed by atoms with Crippen LogP contribution in [0, 0.1) is 12.1 Å². The van der Waals surface area contributed by atoms with Crippen molar-refractivity contribution in [2.75, 3.05) is 0 Å². The van der Waals surface area contributed by atoms with Gasteiger partial charge in [0.05, 0.1) is 0 Å². The number of rotatable bonds is 1. The van der Waals surface area contributed by atoms with Crippen molar-refractivity contribution in [2.45, 2.75) is 41.0 Å². The van der Waals surface area contributed by atoms with E-state index in [9.17, 15) is 0 Å². The van der Waals surface area contributed by atoms with E-state index in [0.29, 0.717) is 0 Å². The van der Waals surface area contributed by atoms with Crippen molar-refractivity contribution in [3.63, 3.8) is 0 Å². The summed E-state index contributed by atoms with van der Waals surface area (Å²) in [4.78, 5) is 0. The molecule has 0 amide bonds. The van der Waals surface area contributed by atoms with E-state index in [1.807, 2.05) is 13.0 Å². The van der Waals surface area contributed by atoms with E-state index in [-0.39, 0.29) is 46.5 Å². The molecule has 25 heavy (non-hydrogen) atoms. The van der Waals surface area contributed by atoms with Gasteiger partial charge in [-0.2, -0.15) is 41.0 Å². The number of fused-ring (bicyclic) bond motifs is 3. The van der Waals surface area contributed by atoms with Crippen LogP contribution in [0.25, 0.3) is 11.1 Å². The van der Waals surface area contributed by atoms with Crippen LogP contribution >= 0.6 is 0 Å². The number of halogens is 2. The molecule has 1 aliphatic carbocycles. The van der Waals surface area contributed by atoms with Crippen molar-refractivity contribution >= 4 is 0 Å². The van der Waals surface area contributed by atoms with Gasteiger partial charge in [0.25, 0.3) is 0 Å². The fraction of sp³-hybridized carbons (Fsp3) is 0.273. The number of hydrogen-bond acceptors (Lipinski definition) is 0. The van der Waals surface area contributed by atoms with E-state index in [0.717, 1.165) is 6.42 Å². The summed E-state index contributed by atoms with van der Waals surface area (Å²) in [5, 5.41) is 0. The Kier molecular flexibility index (Phi) is 13.3. The van der Waals surface area contributed by atoms with Crippen LogP contribution in [0.4, 0.5) is 0 Å². The molecule has 0 radical (unpaired) electrons. The molecule has 2 aromatic rings. The maximum absolute atomic E-state index is 3.30. The average Bonchev–Trinajstić information content (AvgIpc) is 2.92. The van der Waals surface area contributed by atoms with Crippen molar-refractivity contribution in [2.24, 2.45) is 0 Å². The van der Waals surface area contributed by atoms with Crippen molar-refractivity contribution in [1.82, 2.24) is 0 Å². The Bertz CT molecular complexity index is 683. The molecule has 0 unspecified atom stereocenters. The van der Waals surface area contributed by atoms with Gasteiger partial charge in [0.15, 0.2) is 0 Å². The summed E-state index contributed by atoms with van der Waals surface area (Å²) >= 11 is 0. The van der Waals surface area contributed by atoms with Gasteiger partial charge in [0, 0.05) is 0 Å². The molecule has 1 aliphatic rings. The second-order valence-electron chi connectivity index (χ2n) is 5.90. The first kappa shape index (κ1) is 26.4. The molecule has 0 N–H and O–H groups in total. The Labute approximate surface area is 180 Å². The van der Waals surface area contributed by atoms with Crippen LogP contribution in [-0.2, 0) is 28.1 Å².